The molecule has 2 rings (SSSR count). The van der Waals surface area contributed by atoms with Gasteiger partial charge in [0.25, 0.3) is 0 Å². The molecule has 0 unspecified atom stereocenters. The van der Waals surface area contributed by atoms with Crippen LogP contribution in [0.4, 0.5) is 15.8 Å². The van der Waals surface area contributed by atoms with Gasteiger partial charge in [-0.3, -0.25) is 9.52 Å². The Morgan fingerprint density at radius 3 is 2.76 bits per heavy atom. The van der Waals surface area contributed by atoms with E-state index in [2.05, 4.69) is 15.4 Å². The minimum Gasteiger partial charge on any atom is -0.325 e. The molecule has 0 bridgehead atoms. The fraction of sp³-hybridized carbons (Fsp3) is 0.462. The number of halogens is 1. The van der Waals surface area contributed by atoms with Crippen molar-refractivity contribution in [3.05, 3.63) is 24.0 Å². The van der Waals surface area contributed by atoms with E-state index < -0.39 is 15.8 Å². The van der Waals surface area contributed by atoms with Gasteiger partial charge < -0.3 is 10.6 Å². The predicted molar refractivity (Wildman–Crippen MR) is 79.1 cm³/mol. The number of hydrogen-bond donors (Lipinski definition) is 3. The van der Waals surface area contributed by atoms with E-state index in [1.165, 1.54) is 12.1 Å². The zero-order chi connectivity index (χ0) is 15.5. The summed E-state index contributed by atoms with van der Waals surface area (Å²) in [6.45, 7) is 0.794. The molecule has 3 N–H and O–H groups in total. The monoisotopic (exact) mass is 315 g/mol. The van der Waals surface area contributed by atoms with Crippen LogP contribution >= 0.6 is 0 Å². The number of carbonyl (C=O) groups excluding carboxylic acids is 1. The summed E-state index contributed by atoms with van der Waals surface area (Å²) in [7, 11) is -3.58. The molecule has 1 aliphatic heterocycles. The van der Waals surface area contributed by atoms with Gasteiger partial charge in [-0.2, -0.15) is 0 Å². The van der Waals surface area contributed by atoms with E-state index in [4.69, 9.17) is 0 Å². The lowest BCUT2D eigenvalue weighted by atomic mass is 10.0. The number of amides is 1. The third-order valence-corrected chi connectivity index (χ3v) is 3.75. The van der Waals surface area contributed by atoms with Crippen LogP contribution in [0.1, 0.15) is 19.3 Å². The summed E-state index contributed by atoms with van der Waals surface area (Å²) in [4.78, 5) is 12.0. The number of sulfonamides is 1. The molecule has 1 aromatic rings. The molecule has 0 aliphatic carbocycles. The van der Waals surface area contributed by atoms with Crippen molar-refractivity contribution >= 4 is 27.3 Å². The quantitative estimate of drug-likeness (QED) is 0.781. The minimum atomic E-state index is -3.58. The van der Waals surface area contributed by atoms with Crippen LogP contribution in [0.2, 0.25) is 0 Å². The molecule has 1 heterocycles. The summed E-state index contributed by atoms with van der Waals surface area (Å²) in [5, 5.41) is 5.77. The van der Waals surface area contributed by atoms with Crippen LogP contribution in [0.3, 0.4) is 0 Å². The van der Waals surface area contributed by atoms with Gasteiger partial charge in [-0.05, 0) is 37.6 Å². The molecule has 1 aliphatic rings. The van der Waals surface area contributed by atoms with Crippen molar-refractivity contribution in [2.24, 2.45) is 0 Å². The lowest BCUT2D eigenvalue weighted by Gasteiger charge is -2.22. The molecular formula is C13H18FN3O3S. The second kappa shape index (κ2) is 6.40. The number of piperidine rings is 1. The molecule has 8 heteroatoms. The van der Waals surface area contributed by atoms with Gasteiger partial charge in [-0.15, -0.1) is 0 Å². The zero-order valence-corrected chi connectivity index (χ0v) is 12.5. The Kier molecular flexibility index (Phi) is 4.79. The summed E-state index contributed by atoms with van der Waals surface area (Å²) in [6.07, 6.45) is 3.71. The topological polar surface area (TPSA) is 87.3 Å². The van der Waals surface area contributed by atoms with E-state index in [0.717, 1.165) is 38.1 Å². The van der Waals surface area contributed by atoms with E-state index in [1.807, 2.05) is 0 Å². The van der Waals surface area contributed by atoms with Crippen molar-refractivity contribution in [3.8, 4) is 0 Å². The number of hydrogen-bond acceptors (Lipinski definition) is 4. The van der Waals surface area contributed by atoms with E-state index in [9.17, 15) is 17.6 Å². The highest BCUT2D eigenvalue weighted by Crippen LogP contribution is 2.21. The Morgan fingerprint density at radius 2 is 2.14 bits per heavy atom. The Morgan fingerprint density at radius 1 is 1.38 bits per heavy atom. The van der Waals surface area contributed by atoms with Crippen LogP contribution in [0, 0.1) is 5.82 Å². The average Bonchev–Trinajstić information content (AvgIpc) is 2.42. The molecule has 1 aromatic carbocycles. The van der Waals surface area contributed by atoms with Crippen LogP contribution in [0.25, 0.3) is 0 Å². The SMILES string of the molecule is CS(=O)(=O)Nc1cc(NC(=O)[C@@H]2CCCCN2)ccc1F. The largest absolute Gasteiger partial charge is 0.325 e. The first-order valence-corrected chi connectivity index (χ1v) is 8.56. The fourth-order valence-electron chi connectivity index (χ4n) is 2.19. The number of benzene rings is 1. The lowest BCUT2D eigenvalue weighted by molar-refractivity contribution is -0.118. The van der Waals surface area contributed by atoms with Gasteiger partial charge in [0.15, 0.2) is 0 Å². The van der Waals surface area contributed by atoms with Gasteiger partial charge in [-0.25, -0.2) is 12.8 Å². The Labute approximate surface area is 123 Å². The number of nitrogens with one attached hydrogen (secondary N) is 3. The van der Waals surface area contributed by atoms with Crippen LogP contribution in [-0.2, 0) is 14.8 Å². The summed E-state index contributed by atoms with van der Waals surface area (Å²) < 4.78 is 37.9. The van der Waals surface area contributed by atoms with Crippen LogP contribution in [0.5, 0.6) is 0 Å². The molecular weight excluding hydrogens is 297 g/mol. The molecule has 1 saturated heterocycles. The Balaban J connectivity index is 2.09. The first-order chi connectivity index (χ1) is 9.85. The molecule has 1 amide bonds. The van der Waals surface area contributed by atoms with Crippen molar-refractivity contribution in [1.29, 1.82) is 0 Å². The first-order valence-electron chi connectivity index (χ1n) is 6.67. The van der Waals surface area contributed by atoms with Crippen molar-refractivity contribution in [2.75, 3.05) is 22.8 Å². The predicted octanol–water partition coefficient (Wildman–Crippen LogP) is 1.28. The fourth-order valence-corrected chi connectivity index (χ4v) is 2.74. The summed E-state index contributed by atoms with van der Waals surface area (Å²) in [5.41, 5.74) is 0.159. The molecule has 0 spiro atoms. The summed E-state index contributed by atoms with van der Waals surface area (Å²) in [6, 6.07) is 3.49. The highest BCUT2D eigenvalue weighted by molar-refractivity contribution is 7.92. The summed E-state index contributed by atoms with van der Waals surface area (Å²) >= 11 is 0. The first kappa shape index (κ1) is 15.7. The highest BCUT2D eigenvalue weighted by Gasteiger charge is 2.20. The van der Waals surface area contributed by atoms with Gasteiger partial charge in [0.05, 0.1) is 18.0 Å². The van der Waals surface area contributed by atoms with Gasteiger partial charge in [0.2, 0.25) is 15.9 Å². The second-order valence-corrected chi connectivity index (χ2v) is 6.81. The normalized spacial score (nSPS) is 19.0. The maximum Gasteiger partial charge on any atom is 0.241 e. The van der Waals surface area contributed by atoms with E-state index in [0.29, 0.717) is 5.69 Å². The standard InChI is InChI=1S/C13H18FN3O3S/c1-21(19,20)17-12-8-9(5-6-10(12)14)16-13(18)11-4-2-3-7-15-11/h5-6,8,11,15,17H,2-4,7H2,1H3,(H,16,18)/t11-/m0/s1. The smallest absolute Gasteiger partial charge is 0.241 e. The molecule has 0 radical (unpaired) electrons. The number of carbonyl (C=O) groups is 1. The average molecular weight is 315 g/mol. The molecule has 1 fully saturated rings. The highest BCUT2D eigenvalue weighted by atomic mass is 32.2. The minimum absolute atomic E-state index is 0.188. The Hall–Kier alpha value is -1.67. The second-order valence-electron chi connectivity index (χ2n) is 5.06. The number of rotatable bonds is 4. The van der Waals surface area contributed by atoms with E-state index >= 15 is 0 Å². The van der Waals surface area contributed by atoms with Crippen LogP contribution in [0.15, 0.2) is 18.2 Å². The van der Waals surface area contributed by atoms with Crippen molar-refractivity contribution < 1.29 is 17.6 Å². The van der Waals surface area contributed by atoms with Gasteiger partial charge >= 0.3 is 0 Å². The van der Waals surface area contributed by atoms with Crippen molar-refractivity contribution in [1.82, 2.24) is 5.32 Å². The summed E-state index contributed by atoms with van der Waals surface area (Å²) in [5.74, 6) is -0.902. The number of anilines is 2. The van der Waals surface area contributed by atoms with Gasteiger partial charge in [-0.1, -0.05) is 6.42 Å². The third kappa shape index (κ3) is 4.68. The molecule has 1 atom stereocenters. The lowest BCUT2D eigenvalue weighted by Crippen LogP contribution is -2.43. The van der Waals surface area contributed by atoms with Crippen LogP contribution < -0.4 is 15.4 Å². The van der Waals surface area contributed by atoms with Crippen molar-refractivity contribution in [2.45, 2.75) is 25.3 Å². The molecule has 0 saturated carbocycles. The van der Waals surface area contributed by atoms with Gasteiger partial charge in [0.1, 0.15) is 5.82 Å². The Bertz CT molecular complexity index is 628. The van der Waals surface area contributed by atoms with Crippen molar-refractivity contribution in [3.63, 3.8) is 0 Å². The maximum absolute atomic E-state index is 13.5. The van der Waals surface area contributed by atoms with E-state index in [1.54, 1.807) is 0 Å². The van der Waals surface area contributed by atoms with Crippen LogP contribution in [-0.4, -0.2) is 33.2 Å². The molecule has 21 heavy (non-hydrogen) atoms. The molecule has 116 valence electrons. The zero-order valence-electron chi connectivity index (χ0n) is 11.6. The van der Waals surface area contributed by atoms with E-state index in [-0.39, 0.29) is 17.6 Å². The maximum atomic E-state index is 13.5. The molecule has 0 aromatic heterocycles. The molecule has 6 nitrogen and oxygen atoms in total. The third-order valence-electron chi connectivity index (χ3n) is 3.16. The van der Waals surface area contributed by atoms with Gasteiger partial charge in [0, 0.05) is 5.69 Å².